The summed E-state index contributed by atoms with van der Waals surface area (Å²) in [7, 11) is 0. The minimum absolute atomic E-state index is 0.722. The molecular formula is C29H35ClIN5. The molecule has 4 rings (SSSR count). The topological polar surface area (TPSA) is 61.9 Å². The Morgan fingerprint density at radius 2 is 1.19 bits per heavy atom. The highest BCUT2D eigenvalue weighted by molar-refractivity contribution is 14.1. The average molecular weight is 616 g/mol. The van der Waals surface area contributed by atoms with Crippen molar-refractivity contribution in [2.75, 3.05) is 36.8 Å². The van der Waals surface area contributed by atoms with Crippen molar-refractivity contribution in [3.05, 3.63) is 71.5 Å². The van der Waals surface area contributed by atoms with Gasteiger partial charge in [0.15, 0.2) is 0 Å². The number of fused-ring (bicyclic) bond motifs is 2. The molecule has 0 aliphatic carbocycles. The number of unbranched alkanes of at least 4 members (excludes halogenated alkanes) is 4. The monoisotopic (exact) mass is 615 g/mol. The first kappa shape index (κ1) is 26.9. The van der Waals surface area contributed by atoms with Crippen LogP contribution in [0, 0.1) is 0 Å². The van der Waals surface area contributed by atoms with E-state index < -0.39 is 0 Å². The van der Waals surface area contributed by atoms with Gasteiger partial charge in [0, 0.05) is 57.1 Å². The highest BCUT2D eigenvalue weighted by atomic mass is 127. The van der Waals surface area contributed by atoms with Gasteiger partial charge in [-0.15, -0.1) is 0 Å². The molecule has 0 radical (unpaired) electrons. The normalized spacial score (nSPS) is 11.3. The molecule has 5 nitrogen and oxygen atoms in total. The van der Waals surface area contributed by atoms with Crippen LogP contribution in [0.15, 0.2) is 60.9 Å². The Kier molecular flexibility index (Phi) is 10.9. The van der Waals surface area contributed by atoms with Crippen LogP contribution in [0.2, 0.25) is 5.02 Å². The number of aromatic nitrogens is 2. The number of hydrogen-bond donors (Lipinski definition) is 3. The van der Waals surface area contributed by atoms with Gasteiger partial charge in [-0.1, -0.05) is 59.2 Å². The molecule has 3 N–H and O–H groups in total. The fourth-order valence-electron chi connectivity index (χ4n) is 4.38. The molecule has 0 aliphatic heterocycles. The van der Waals surface area contributed by atoms with Crippen LogP contribution < -0.4 is 16.0 Å². The van der Waals surface area contributed by atoms with Gasteiger partial charge in [0.05, 0.1) is 11.0 Å². The molecule has 0 atom stereocenters. The quantitative estimate of drug-likeness (QED) is 0.0723. The number of benzene rings is 2. The predicted octanol–water partition coefficient (Wildman–Crippen LogP) is 7.83. The summed E-state index contributed by atoms with van der Waals surface area (Å²) in [5.41, 5.74) is 5.65. The van der Waals surface area contributed by atoms with Crippen LogP contribution in [0.4, 0.5) is 11.4 Å². The maximum atomic E-state index is 6.08. The van der Waals surface area contributed by atoms with E-state index in [1.807, 2.05) is 36.7 Å². The molecule has 0 unspecified atom stereocenters. The van der Waals surface area contributed by atoms with Gasteiger partial charge in [-0.3, -0.25) is 9.97 Å². The second-order valence-corrected chi connectivity index (χ2v) is 10.3. The number of rotatable bonds is 15. The minimum Gasteiger partial charge on any atom is -0.384 e. The summed E-state index contributed by atoms with van der Waals surface area (Å²) in [6.07, 6.45) is 11.0. The first-order valence-corrected chi connectivity index (χ1v) is 14.8. The number of alkyl halides is 1. The standard InChI is InChI=1S/C29H35ClIN5/c30-23-8-10-25-27(12-18-36-29(25)20-23)34-16-6-2-4-14-32-13-3-1-5-15-33-26-11-17-35-28-19-22(21-31)7-9-24(26)28/h7-12,17-20,32H,1-6,13-16,21H2,(H,33,35)(H,34,36). The van der Waals surface area contributed by atoms with E-state index in [1.54, 1.807) is 0 Å². The fraction of sp³-hybridized carbons (Fsp3) is 0.379. The van der Waals surface area contributed by atoms with E-state index in [9.17, 15) is 0 Å². The summed E-state index contributed by atoms with van der Waals surface area (Å²) in [5, 5.41) is 13.8. The molecule has 0 aliphatic rings. The Morgan fingerprint density at radius 1 is 0.639 bits per heavy atom. The van der Waals surface area contributed by atoms with Crippen molar-refractivity contribution in [3.8, 4) is 0 Å². The van der Waals surface area contributed by atoms with Crippen molar-refractivity contribution in [1.82, 2.24) is 15.3 Å². The van der Waals surface area contributed by atoms with Crippen LogP contribution in [0.3, 0.4) is 0 Å². The maximum absolute atomic E-state index is 6.08. The molecule has 0 saturated heterocycles. The summed E-state index contributed by atoms with van der Waals surface area (Å²) in [6, 6.07) is 16.6. The third-order valence-electron chi connectivity index (χ3n) is 6.36. The van der Waals surface area contributed by atoms with E-state index in [-0.39, 0.29) is 0 Å². The molecule has 36 heavy (non-hydrogen) atoms. The number of anilines is 2. The molecule has 2 heterocycles. The van der Waals surface area contributed by atoms with Gasteiger partial charge < -0.3 is 16.0 Å². The van der Waals surface area contributed by atoms with Gasteiger partial charge in [-0.25, -0.2) is 0 Å². The highest BCUT2D eigenvalue weighted by Crippen LogP contribution is 2.25. The number of pyridine rings is 2. The van der Waals surface area contributed by atoms with Gasteiger partial charge in [0.25, 0.3) is 0 Å². The first-order chi connectivity index (χ1) is 17.7. The SMILES string of the molecule is Clc1ccc2c(NCCCCCNCCCCCNc3ccnc4cc(CI)ccc34)ccnc2c1. The Hall–Kier alpha value is -2.16. The van der Waals surface area contributed by atoms with Crippen molar-refractivity contribution >= 4 is 67.4 Å². The summed E-state index contributed by atoms with van der Waals surface area (Å²) < 4.78 is 1.01. The molecule has 0 spiro atoms. The fourth-order valence-corrected chi connectivity index (χ4v) is 5.02. The number of nitrogens with zero attached hydrogens (tertiary/aromatic N) is 2. The summed E-state index contributed by atoms with van der Waals surface area (Å²) in [4.78, 5) is 8.93. The molecule has 0 bridgehead atoms. The molecule has 0 amide bonds. The molecule has 0 fully saturated rings. The van der Waals surface area contributed by atoms with Crippen LogP contribution in [-0.2, 0) is 4.43 Å². The molecule has 2 aromatic carbocycles. The molecule has 2 aromatic heterocycles. The lowest BCUT2D eigenvalue weighted by molar-refractivity contribution is 0.576. The summed E-state index contributed by atoms with van der Waals surface area (Å²) >= 11 is 8.47. The second-order valence-electron chi connectivity index (χ2n) is 9.09. The molecule has 0 saturated carbocycles. The maximum Gasteiger partial charge on any atom is 0.0737 e. The van der Waals surface area contributed by atoms with Crippen molar-refractivity contribution in [2.24, 2.45) is 0 Å². The zero-order chi connectivity index (χ0) is 25.0. The molecule has 4 aromatic rings. The van der Waals surface area contributed by atoms with Crippen LogP contribution in [0.25, 0.3) is 21.8 Å². The minimum atomic E-state index is 0.722. The third-order valence-corrected chi connectivity index (χ3v) is 7.47. The Bertz CT molecular complexity index is 1250. The van der Waals surface area contributed by atoms with E-state index in [2.05, 4.69) is 72.8 Å². The van der Waals surface area contributed by atoms with Crippen molar-refractivity contribution in [1.29, 1.82) is 0 Å². The number of halogens is 2. The average Bonchev–Trinajstić information content (AvgIpc) is 2.90. The Labute approximate surface area is 233 Å². The lowest BCUT2D eigenvalue weighted by Gasteiger charge is -2.10. The Balaban J connectivity index is 1.02. The van der Waals surface area contributed by atoms with Crippen LogP contribution in [0.1, 0.15) is 44.1 Å². The summed E-state index contributed by atoms with van der Waals surface area (Å²) in [6.45, 7) is 4.17. The van der Waals surface area contributed by atoms with Crippen molar-refractivity contribution in [2.45, 2.75) is 43.0 Å². The van der Waals surface area contributed by atoms with E-state index in [0.717, 1.165) is 64.2 Å². The van der Waals surface area contributed by atoms with Crippen molar-refractivity contribution < 1.29 is 0 Å². The van der Waals surface area contributed by atoms with Crippen LogP contribution in [0.5, 0.6) is 0 Å². The highest BCUT2D eigenvalue weighted by Gasteiger charge is 2.04. The van der Waals surface area contributed by atoms with E-state index in [0.29, 0.717) is 0 Å². The van der Waals surface area contributed by atoms with Gasteiger partial charge in [-0.05, 0) is 80.7 Å². The number of hydrogen-bond acceptors (Lipinski definition) is 5. The lowest BCUT2D eigenvalue weighted by Crippen LogP contribution is -2.17. The molecular weight excluding hydrogens is 581 g/mol. The smallest absolute Gasteiger partial charge is 0.0737 e. The van der Waals surface area contributed by atoms with Crippen molar-refractivity contribution in [3.63, 3.8) is 0 Å². The predicted molar refractivity (Wildman–Crippen MR) is 164 cm³/mol. The molecule has 7 heteroatoms. The van der Waals surface area contributed by atoms with Crippen LogP contribution >= 0.6 is 34.2 Å². The number of nitrogens with one attached hydrogen (secondary N) is 3. The largest absolute Gasteiger partial charge is 0.384 e. The van der Waals surface area contributed by atoms with Gasteiger partial charge in [0.1, 0.15) is 0 Å². The van der Waals surface area contributed by atoms with Gasteiger partial charge in [0.2, 0.25) is 0 Å². The Morgan fingerprint density at radius 3 is 1.81 bits per heavy atom. The zero-order valence-electron chi connectivity index (χ0n) is 20.7. The van der Waals surface area contributed by atoms with Crippen LogP contribution in [-0.4, -0.2) is 36.1 Å². The second kappa shape index (κ2) is 14.5. The third kappa shape index (κ3) is 7.92. The zero-order valence-corrected chi connectivity index (χ0v) is 23.6. The summed E-state index contributed by atoms with van der Waals surface area (Å²) in [5.74, 6) is 0. The van der Waals surface area contributed by atoms with Gasteiger partial charge in [-0.2, -0.15) is 0 Å². The lowest BCUT2D eigenvalue weighted by atomic mass is 10.1. The van der Waals surface area contributed by atoms with E-state index in [1.165, 1.54) is 48.7 Å². The first-order valence-electron chi connectivity index (χ1n) is 12.9. The van der Waals surface area contributed by atoms with E-state index >= 15 is 0 Å². The van der Waals surface area contributed by atoms with E-state index in [4.69, 9.17) is 11.6 Å². The molecule has 190 valence electrons. The van der Waals surface area contributed by atoms with Gasteiger partial charge >= 0.3 is 0 Å².